The lowest BCUT2D eigenvalue weighted by atomic mass is 9.77. The van der Waals surface area contributed by atoms with Crippen LogP contribution in [0.15, 0.2) is 54.6 Å². The van der Waals surface area contributed by atoms with Gasteiger partial charge in [-0.2, -0.15) is 0 Å². The summed E-state index contributed by atoms with van der Waals surface area (Å²) in [7, 11) is 0. The van der Waals surface area contributed by atoms with E-state index in [4.69, 9.17) is 16.2 Å². The molecule has 1 saturated carbocycles. The van der Waals surface area contributed by atoms with Gasteiger partial charge in [-0.3, -0.25) is 9.36 Å². The predicted octanol–water partition coefficient (Wildman–Crippen LogP) is 4.38. The van der Waals surface area contributed by atoms with Gasteiger partial charge in [0.25, 0.3) is 5.91 Å². The number of quaternary nitrogens is 1. The fraction of sp³-hybridized carbons (Fsp3) is 0.469. The first-order chi connectivity index (χ1) is 20.7. The van der Waals surface area contributed by atoms with Gasteiger partial charge in [0.1, 0.15) is 18.1 Å². The molecule has 3 heterocycles. The van der Waals surface area contributed by atoms with E-state index >= 15 is 0 Å². The normalized spacial score (nSPS) is 28.9. The molecule has 2 amide bonds. The van der Waals surface area contributed by atoms with E-state index in [-0.39, 0.29) is 27.9 Å². The largest absolute Gasteiger partial charge is 0.428 e. The summed E-state index contributed by atoms with van der Waals surface area (Å²) < 4.78 is 47.5. The molecule has 6 rings (SSSR count). The van der Waals surface area contributed by atoms with Crippen LogP contribution < -0.4 is 16.0 Å². The van der Waals surface area contributed by atoms with Gasteiger partial charge in [-0.1, -0.05) is 30.3 Å². The number of benzene rings is 2. The Bertz CT molecular complexity index is 1550. The van der Waals surface area contributed by atoms with E-state index in [1.54, 1.807) is 18.2 Å². The number of rotatable bonds is 8. The highest BCUT2D eigenvalue weighted by Gasteiger charge is 2.60. The van der Waals surface area contributed by atoms with Crippen LogP contribution in [-0.2, 0) is 20.1 Å². The SMILES string of the molecule is NC(=O)[C@@H]1[C@@H](c2ccccc2)CC[N+]1(c1ccc2c(c1)cc1n2C(CF)(CF)OC1=O)C(=O)[C@H]1CC[C@H]([C@H](N)CF)CC1. The number of fused-ring (bicyclic) bond motifs is 3. The van der Waals surface area contributed by atoms with Crippen molar-refractivity contribution in [3.8, 4) is 0 Å². The third-order valence-electron chi connectivity index (χ3n) is 10.0. The summed E-state index contributed by atoms with van der Waals surface area (Å²) in [5.74, 6) is -2.32. The molecule has 2 fully saturated rings. The first-order valence-electron chi connectivity index (χ1n) is 14.8. The molecule has 228 valence electrons. The van der Waals surface area contributed by atoms with E-state index in [0.717, 1.165) is 5.56 Å². The van der Waals surface area contributed by atoms with Gasteiger partial charge < -0.3 is 16.2 Å². The zero-order valence-electron chi connectivity index (χ0n) is 23.8. The summed E-state index contributed by atoms with van der Waals surface area (Å²) >= 11 is 0. The van der Waals surface area contributed by atoms with Crippen LogP contribution in [0.5, 0.6) is 0 Å². The molecule has 4 N–H and O–H groups in total. The molecule has 0 spiro atoms. The van der Waals surface area contributed by atoms with E-state index in [0.29, 0.717) is 55.2 Å². The number of nitrogens with two attached hydrogens (primary N) is 2. The van der Waals surface area contributed by atoms with Crippen LogP contribution in [0.1, 0.15) is 54.1 Å². The average Bonchev–Trinajstić information content (AvgIpc) is 3.71. The summed E-state index contributed by atoms with van der Waals surface area (Å²) in [6.07, 6.45) is 2.76. The quantitative estimate of drug-likeness (QED) is 0.295. The highest BCUT2D eigenvalue weighted by Crippen LogP contribution is 2.47. The van der Waals surface area contributed by atoms with Crippen LogP contribution in [0.25, 0.3) is 10.9 Å². The molecule has 3 aliphatic rings. The van der Waals surface area contributed by atoms with Gasteiger partial charge in [-0.15, -0.1) is 0 Å². The van der Waals surface area contributed by atoms with E-state index in [1.165, 1.54) is 10.6 Å². The Balaban J connectivity index is 1.47. The molecule has 1 unspecified atom stereocenters. The number of halogens is 3. The lowest BCUT2D eigenvalue weighted by Crippen LogP contribution is -2.64. The molecule has 11 heteroatoms. The second kappa shape index (κ2) is 11.1. The maximum atomic E-state index is 14.8. The number of ether oxygens (including phenoxy) is 1. The first kappa shape index (κ1) is 29.4. The number of esters is 1. The second-order valence-electron chi connectivity index (χ2n) is 12.2. The Hall–Kier alpha value is -3.70. The molecule has 1 aromatic heterocycles. The van der Waals surface area contributed by atoms with Crippen molar-refractivity contribution in [3.05, 3.63) is 65.9 Å². The zero-order chi connectivity index (χ0) is 30.5. The maximum Gasteiger partial charge on any atom is 0.357 e. The van der Waals surface area contributed by atoms with Crippen molar-refractivity contribution in [2.75, 3.05) is 26.6 Å². The van der Waals surface area contributed by atoms with Crippen LogP contribution in [0.2, 0.25) is 0 Å². The van der Waals surface area contributed by atoms with E-state index in [9.17, 15) is 27.6 Å². The lowest BCUT2D eigenvalue weighted by Gasteiger charge is -2.41. The van der Waals surface area contributed by atoms with Crippen LogP contribution in [0.3, 0.4) is 0 Å². The molecule has 43 heavy (non-hydrogen) atoms. The van der Waals surface area contributed by atoms with Crippen LogP contribution >= 0.6 is 0 Å². The van der Waals surface area contributed by atoms with Crippen molar-refractivity contribution < 1.29 is 32.3 Å². The molecule has 1 aliphatic carbocycles. The van der Waals surface area contributed by atoms with E-state index in [2.05, 4.69) is 0 Å². The summed E-state index contributed by atoms with van der Waals surface area (Å²) in [4.78, 5) is 40.7. The molecule has 0 radical (unpaired) electrons. The molecule has 2 aromatic carbocycles. The molecular weight excluding hydrogens is 561 g/mol. The Kier molecular flexibility index (Phi) is 7.58. The molecule has 3 aromatic rings. The number of hydrogen-bond donors (Lipinski definition) is 2. The summed E-state index contributed by atoms with van der Waals surface area (Å²) in [6.45, 7) is -2.80. The highest BCUT2D eigenvalue weighted by atomic mass is 19.1. The van der Waals surface area contributed by atoms with E-state index in [1.807, 2.05) is 30.3 Å². The van der Waals surface area contributed by atoms with Gasteiger partial charge >= 0.3 is 11.9 Å². The summed E-state index contributed by atoms with van der Waals surface area (Å²) in [6, 6.07) is 14.5. The second-order valence-corrected chi connectivity index (χ2v) is 12.2. The number of alkyl halides is 3. The Morgan fingerprint density at radius 1 is 1.00 bits per heavy atom. The number of amides is 2. The minimum absolute atomic E-state index is 0.0119. The van der Waals surface area contributed by atoms with Gasteiger partial charge in [0.2, 0.25) is 5.72 Å². The molecule has 4 atom stereocenters. The Morgan fingerprint density at radius 2 is 1.70 bits per heavy atom. The molecule has 8 nitrogen and oxygen atoms in total. The third kappa shape index (κ3) is 4.47. The predicted molar refractivity (Wildman–Crippen MR) is 155 cm³/mol. The fourth-order valence-corrected chi connectivity index (χ4v) is 7.84. The molecule has 2 aliphatic heterocycles. The van der Waals surface area contributed by atoms with Gasteiger partial charge in [0, 0.05) is 30.0 Å². The van der Waals surface area contributed by atoms with Crippen molar-refractivity contribution >= 4 is 34.4 Å². The summed E-state index contributed by atoms with van der Waals surface area (Å²) in [5, 5.41) is 0.490. The minimum Gasteiger partial charge on any atom is -0.428 e. The smallest absolute Gasteiger partial charge is 0.357 e. The number of carbonyl (C=O) groups excluding carboxylic acids is 3. The van der Waals surface area contributed by atoms with Crippen LogP contribution in [0, 0.1) is 11.8 Å². The number of likely N-dealkylation sites (tertiary alicyclic amines) is 1. The molecule has 0 bridgehead atoms. The minimum atomic E-state index is -2.08. The number of nitrogens with zero attached hydrogens (tertiary/aromatic N) is 2. The lowest BCUT2D eigenvalue weighted by molar-refractivity contribution is -0.141. The van der Waals surface area contributed by atoms with Gasteiger partial charge in [-0.25, -0.2) is 27.2 Å². The van der Waals surface area contributed by atoms with Crippen molar-refractivity contribution in [1.29, 1.82) is 0 Å². The first-order valence-corrected chi connectivity index (χ1v) is 14.8. The number of primary amides is 1. The highest BCUT2D eigenvalue weighted by molar-refractivity contribution is 6.02. The van der Waals surface area contributed by atoms with Crippen molar-refractivity contribution in [1.82, 2.24) is 9.05 Å². The van der Waals surface area contributed by atoms with Crippen molar-refractivity contribution in [3.63, 3.8) is 0 Å². The monoisotopic (exact) mass is 597 g/mol. The van der Waals surface area contributed by atoms with Gasteiger partial charge in [0.05, 0.1) is 23.9 Å². The average molecular weight is 598 g/mol. The summed E-state index contributed by atoms with van der Waals surface area (Å²) in [5.41, 5.74) is 11.8. The van der Waals surface area contributed by atoms with Crippen LogP contribution in [-0.4, -0.2) is 61.0 Å². The van der Waals surface area contributed by atoms with Crippen molar-refractivity contribution in [2.24, 2.45) is 23.3 Å². The number of cyclic esters (lactones) is 1. The standard InChI is InChI=1S/C32H35F3N4O4/c33-16-25(36)20-6-8-21(9-7-20)30(41)39(13-12-24(28(39)29(37)40)19-4-2-1-3-5-19)23-10-11-26-22(14-23)15-27-31(42)43-32(17-34,18-35)38(26)27/h1-5,10-11,14-15,20-21,24-25,28H,6-9,12-13,16-18,36H2,(H-,37,40)/p+1/t20-,21-,24-,25-,28+,39?/m1/s1. The number of carbonyl (C=O) groups is 3. The Labute approximate surface area is 247 Å². The fourth-order valence-electron chi connectivity index (χ4n) is 7.84. The Morgan fingerprint density at radius 3 is 2.33 bits per heavy atom. The van der Waals surface area contributed by atoms with E-state index < -0.39 is 55.6 Å². The third-order valence-corrected chi connectivity index (χ3v) is 10.0. The topological polar surface area (TPSA) is 117 Å². The van der Waals surface area contributed by atoms with Crippen LogP contribution in [0.4, 0.5) is 18.9 Å². The van der Waals surface area contributed by atoms with Gasteiger partial charge in [-0.05, 0) is 49.3 Å². The number of aromatic nitrogens is 1. The molecule has 1 saturated heterocycles. The molecular formula is C32H36F3N4O4+. The number of hydrogen-bond acceptors (Lipinski definition) is 5. The van der Waals surface area contributed by atoms with Crippen molar-refractivity contribution in [2.45, 2.75) is 55.8 Å². The maximum absolute atomic E-state index is 14.8. The van der Waals surface area contributed by atoms with Gasteiger partial charge in [0.15, 0.2) is 19.4 Å². The zero-order valence-corrected chi connectivity index (χ0v) is 23.8.